The number of carbonyl (C=O) groups excluding carboxylic acids is 1. The molecule has 2 aliphatic rings. The van der Waals surface area contributed by atoms with Gasteiger partial charge in [0.15, 0.2) is 5.78 Å². The number of terminal acetylenes is 1. The Balaban J connectivity index is 2.35. The van der Waals surface area contributed by atoms with E-state index >= 15 is 0 Å². The molecule has 0 spiro atoms. The van der Waals surface area contributed by atoms with Gasteiger partial charge in [0.2, 0.25) is 0 Å². The fourth-order valence-corrected chi connectivity index (χ4v) is 4.55. The molecule has 2 fully saturated rings. The van der Waals surface area contributed by atoms with Crippen LogP contribution in [0.1, 0.15) is 59.8 Å². The van der Waals surface area contributed by atoms with Crippen molar-refractivity contribution in [2.24, 2.45) is 22.7 Å². The van der Waals surface area contributed by atoms with Gasteiger partial charge >= 0.3 is 0 Å². The summed E-state index contributed by atoms with van der Waals surface area (Å²) in [7, 11) is 0. The number of carbonyl (C=O) groups is 1. The third-order valence-electron chi connectivity index (χ3n) is 6.53. The summed E-state index contributed by atoms with van der Waals surface area (Å²) in [6.07, 6.45) is 9.22. The highest BCUT2D eigenvalue weighted by Crippen LogP contribution is 2.70. The van der Waals surface area contributed by atoms with E-state index in [0.717, 1.165) is 12.8 Å². The van der Waals surface area contributed by atoms with Crippen LogP contribution in [0.2, 0.25) is 0 Å². The number of Topliss-reactive ketones (excluding diaryl/α,β-unsaturated/α-hetero) is 1. The molecule has 0 heterocycles. The van der Waals surface area contributed by atoms with Gasteiger partial charge in [-0.25, -0.2) is 0 Å². The van der Waals surface area contributed by atoms with Gasteiger partial charge in [0.1, 0.15) is 5.60 Å². The molecule has 0 aromatic carbocycles. The Bertz CT molecular complexity index is 431. The number of rotatable bonds is 4. The first-order valence-electron chi connectivity index (χ1n) is 7.44. The Morgan fingerprint density at radius 2 is 2.11 bits per heavy atom. The Hall–Kier alpha value is -0.810. The van der Waals surface area contributed by atoms with Crippen molar-refractivity contribution >= 4 is 5.78 Å². The van der Waals surface area contributed by atoms with Crippen molar-refractivity contribution in [1.82, 2.24) is 0 Å². The topological polar surface area (TPSA) is 37.3 Å². The van der Waals surface area contributed by atoms with E-state index in [1.54, 1.807) is 0 Å². The molecule has 106 valence electrons. The van der Waals surface area contributed by atoms with E-state index in [1.165, 1.54) is 0 Å². The van der Waals surface area contributed by atoms with Crippen molar-refractivity contribution in [3.63, 3.8) is 0 Å². The minimum atomic E-state index is -1.17. The molecule has 2 heteroatoms. The largest absolute Gasteiger partial charge is 0.381 e. The first-order valence-corrected chi connectivity index (χ1v) is 7.44. The minimum absolute atomic E-state index is 0.00859. The summed E-state index contributed by atoms with van der Waals surface area (Å²) in [5.74, 6) is 2.84. The number of hydrogen-bond donors (Lipinski definition) is 1. The van der Waals surface area contributed by atoms with Crippen molar-refractivity contribution in [2.45, 2.75) is 65.4 Å². The summed E-state index contributed by atoms with van der Waals surface area (Å²) in [4.78, 5) is 12.8. The monoisotopic (exact) mass is 262 g/mol. The van der Waals surface area contributed by atoms with E-state index in [9.17, 15) is 9.90 Å². The number of hydrogen-bond acceptors (Lipinski definition) is 2. The molecule has 0 radical (unpaired) electrons. The van der Waals surface area contributed by atoms with Crippen LogP contribution < -0.4 is 0 Å². The van der Waals surface area contributed by atoms with E-state index < -0.39 is 5.60 Å². The van der Waals surface area contributed by atoms with Crippen LogP contribution >= 0.6 is 0 Å². The van der Waals surface area contributed by atoms with Crippen molar-refractivity contribution in [3.05, 3.63) is 0 Å². The van der Waals surface area contributed by atoms with Crippen molar-refractivity contribution in [3.8, 4) is 12.3 Å². The summed E-state index contributed by atoms with van der Waals surface area (Å²) < 4.78 is 0. The van der Waals surface area contributed by atoms with Gasteiger partial charge in [-0.05, 0) is 37.0 Å². The second-order valence-corrected chi connectivity index (χ2v) is 7.23. The van der Waals surface area contributed by atoms with Crippen molar-refractivity contribution in [2.75, 3.05) is 0 Å². The standard InChI is InChI=1S/C17H26O2/c1-6-8-12(7-2)14(18)17(19)11-13-9-10-16(17,5)15(13,3)4/h1,12-13,19H,7-11H2,2-5H3/t12?,13-,16-,17+/m1/s1. The molecule has 0 aromatic heterocycles. The third-order valence-corrected chi connectivity index (χ3v) is 6.53. The van der Waals surface area contributed by atoms with Crippen LogP contribution in [-0.4, -0.2) is 16.5 Å². The number of fused-ring (bicyclic) bond motifs is 2. The molecule has 2 bridgehead atoms. The maximum absolute atomic E-state index is 12.8. The normalized spacial score (nSPS) is 40.9. The van der Waals surface area contributed by atoms with Gasteiger partial charge in [0.25, 0.3) is 0 Å². The molecule has 1 unspecified atom stereocenters. The van der Waals surface area contributed by atoms with Crippen LogP contribution in [0, 0.1) is 35.0 Å². The number of ketones is 1. The highest BCUT2D eigenvalue weighted by Gasteiger charge is 2.71. The van der Waals surface area contributed by atoms with E-state index in [-0.39, 0.29) is 22.5 Å². The van der Waals surface area contributed by atoms with E-state index in [1.807, 2.05) is 6.92 Å². The maximum Gasteiger partial charge on any atom is 0.168 e. The third kappa shape index (κ3) is 1.64. The van der Waals surface area contributed by atoms with Crippen molar-refractivity contribution < 1.29 is 9.90 Å². The van der Waals surface area contributed by atoms with Gasteiger partial charge in [-0.1, -0.05) is 27.7 Å². The highest BCUT2D eigenvalue weighted by atomic mass is 16.3. The van der Waals surface area contributed by atoms with Crippen molar-refractivity contribution in [1.29, 1.82) is 0 Å². The van der Waals surface area contributed by atoms with Crippen LogP contribution in [0.5, 0.6) is 0 Å². The predicted molar refractivity (Wildman–Crippen MR) is 76.4 cm³/mol. The van der Waals surface area contributed by atoms with E-state index in [4.69, 9.17) is 6.42 Å². The van der Waals surface area contributed by atoms with Crippen LogP contribution in [0.4, 0.5) is 0 Å². The molecule has 2 aliphatic carbocycles. The molecule has 0 aliphatic heterocycles. The van der Waals surface area contributed by atoms with Gasteiger partial charge in [-0.3, -0.25) is 4.79 Å². The fourth-order valence-electron chi connectivity index (χ4n) is 4.55. The Kier molecular flexibility index (Phi) is 3.34. The SMILES string of the molecule is C#CCC(CC)C(=O)[C@@]1(O)C[C@H]2CC[C@]1(C)C2(C)C. The summed E-state index contributed by atoms with van der Waals surface area (Å²) >= 11 is 0. The summed E-state index contributed by atoms with van der Waals surface area (Å²) in [6, 6.07) is 0. The zero-order valence-corrected chi connectivity index (χ0v) is 12.6. The molecular weight excluding hydrogens is 236 g/mol. The predicted octanol–water partition coefficient (Wildman–Crippen LogP) is 3.18. The second-order valence-electron chi connectivity index (χ2n) is 7.23. The Morgan fingerprint density at radius 3 is 2.47 bits per heavy atom. The molecule has 2 nitrogen and oxygen atoms in total. The Labute approximate surface area is 117 Å². The van der Waals surface area contributed by atoms with Crippen LogP contribution in [0.3, 0.4) is 0 Å². The van der Waals surface area contributed by atoms with Gasteiger partial charge in [-0.15, -0.1) is 12.3 Å². The minimum Gasteiger partial charge on any atom is -0.381 e. The average Bonchev–Trinajstić information content (AvgIpc) is 2.67. The summed E-state index contributed by atoms with van der Waals surface area (Å²) in [5.41, 5.74) is -1.44. The smallest absolute Gasteiger partial charge is 0.168 e. The molecule has 2 saturated carbocycles. The summed E-state index contributed by atoms with van der Waals surface area (Å²) in [6.45, 7) is 8.49. The Morgan fingerprint density at radius 1 is 1.47 bits per heavy atom. The lowest BCUT2D eigenvalue weighted by atomic mass is 9.61. The maximum atomic E-state index is 12.8. The number of aliphatic hydroxyl groups is 1. The lowest BCUT2D eigenvalue weighted by molar-refractivity contribution is -0.159. The fraction of sp³-hybridized carbons (Fsp3) is 0.824. The first-order chi connectivity index (χ1) is 8.74. The van der Waals surface area contributed by atoms with Gasteiger partial charge < -0.3 is 5.11 Å². The zero-order valence-electron chi connectivity index (χ0n) is 12.6. The van der Waals surface area contributed by atoms with Gasteiger partial charge in [0.05, 0.1) is 0 Å². The highest BCUT2D eigenvalue weighted by molar-refractivity contribution is 5.91. The average molecular weight is 262 g/mol. The molecule has 19 heavy (non-hydrogen) atoms. The molecule has 0 aromatic rings. The molecule has 2 rings (SSSR count). The van der Waals surface area contributed by atoms with E-state index in [2.05, 4.69) is 26.7 Å². The molecule has 1 N–H and O–H groups in total. The molecule has 0 amide bonds. The second kappa shape index (κ2) is 4.35. The van der Waals surface area contributed by atoms with Crippen LogP contribution in [0.15, 0.2) is 0 Å². The molecule has 0 saturated heterocycles. The van der Waals surface area contributed by atoms with Gasteiger partial charge in [0, 0.05) is 17.8 Å². The lowest BCUT2D eigenvalue weighted by Gasteiger charge is -2.45. The lowest BCUT2D eigenvalue weighted by Crippen LogP contribution is -2.54. The molecule has 4 atom stereocenters. The molecular formula is C17H26O2. The van der Waals surface area contributed by atoms with Crippen LogP contribution in [0.25, 0.3) is 0 Å². The quantitative estimate of drug-likeness (QED) is 0.790. The van der Waals surface area contributed by atoms with Gasteiger partial charge in [-0.2, -0.15) is 0 Å². The first kappa shape index (κ1) is 14.6. The van der Waals surface area contributed by atoms with E-state index in [0.29, 0.717) is 25.2 Å². The van der Waals surface area contributed by atoms with Crippen LogP contribution in [-0.2, 0) is 4.79 Å². The summed E-state index contributed by atoms with van der Waals surface area (Å²) in [5, 5.41) is 11.2. The zero-order chi connectivity index (χ0) is 14.5.